The Morgan fingerprint density at radius 3 is 2.08 bits per heavy atom. The number of benzene rings is 5. The highest BCUT2D eigenvalue weighted by molar-refractivity contribution is 6.10. The lowest BCUT2D eigenvalue weighted by Crippen LogP contribution is -2.21. The van der Waals surface area contributed by atoms with E-state index >= 15 is 0 Å². The minimum atomic E-state index is 0.793. The number of rotatable bonds is 2. The highest BCUT2D eigenvalue weighted by atomic mass is 16.3. The number of pyridine rings is 1. The van der Waals surface area contributed by atoms with Crippen LogP contribution < -0.4 is 4.90 Å². The largest absolute Gasteiger partial charge is 0.454 e. The van der Waals surface area contributed by atoms with Crippen molar-refractivity contribution >= 4 is 55.1 Å². The van der Waals surface area contributed by atoms with Crippen LogP contribution in [0.25, 0.3) is 60.7 Å². The van der Waals surface area contributed by atoms with Crippen molar-refractivity contribution in [3.8, 4) is 16.9 Å². The first-order chi connectivity index (χ1) is 19.8. The molecule has 0 bridgehead atoms. The van der Waals surface area contributed by atoms with Gasteiger partial charge in [0.1, 0.15) is 11.4 Å². The van der Waals surface area contributed by atoms with Gasteiger partial charge in [-0.1, -0.05) is 78.9 Å². The quantitative estimate of drug-likeness (QED) is 0.231. The molecule has 0 amide bonds. The summed E-state index contributed by atoms with van der Waals surface area (Å²) in [6, 6.07) is 43.1. The van der Waals surface area contributed by atoms with E-state index in [9.17, 15) is 0 Å². The van der Waals surface area contributed by atoms with Crippen LogP contribution in [-0.4, -0.2) is 9.55 Å². The van der Waals surface area contributed by atoms with Crippen LogP contribution in [0.3, 0.4) is 0 Å². The normalized spacial score (nSPS) is 12.8. The van der Waals surface area contributed by atoms with Gasteiger partial charge in [-0.25, -0.2) is 4.98 Å². The van der Waals surface area contributed by atoms with Gasteiger partial charge >= 0.3 is 0 Å². The predicted molar refractivity (Wildman–Crippen MR) is 164 cm³/mol. The molecular weight excluding hydrogens is 490 g/mol. The van der Waals surface area contributed by atoms with E-state index in [2.05, 4.69) is 131 Å². The van der Waals surface area contributed by atoms with Crippen LogP contribution in [0.1, 0.15) is 5.56 Å². The molecule has 9 rings (SSSR count). The van der Waals surface area contributed by atoms with Gasteiger partial charge in [-0.3, -0.25) is 4.57 Å². The number of fused-ring (bicyclic) bond motifs is 9. The van der Waals surface area contributed by atoms with Crippen LogP contribution in [0.5, 0.6) is 0 Å². The molecule has 0 spiro atoms. The van der Waals surface area contributed by atoms with Gasteiger partial charge in [0.25, 0.3) is 0 Å². The molecule has 0 saturated heterocycles. The Bertz CT molecular complexity index is 2220. The second-order valence-corrected chi connectivity index (χ2v) is 10.5. The minimum Gasteiger partial charge on any atom is -0.454 e. The second-order valence-electron chi connectivity index (χ2n) is 10.5. The lowest BCUT2D eigenvalue weighted by molar-refractivity contribution is 0.666. The van der Waals surface area contributed by atoms with Crippen molar-refractivity contribution in [3.05, 3.63) is 133 Å². The van der Waals surface area contributed by atoms with Crippen molar-refractivity contribution in [1.29, 1.82) is 0 Å². The van der Waals surface area contributed by atoms with Crippen molar-refractivity contribution in [2.75, 3.05) is 4.90 Å². The Kier molecular flexibility index (Phi) is 4.35. The number of aromatic nitrogens is 2. The molecule has 0 N–H and O–H groups in total. The fourth-order valence-electron chi connectivity index (χ4n) is 6.46. The van der Waals surface area contributed by atoms with Gasteiger partial charge in [0.2, 0.25) is 0 Å². The van der Waals surface area contributed by atoms with Crippen LogP contribution in [0.15, 0.2) is 132 Å². The third-order valence-corrected chi connectivity index (χ3v) is 8.28. The number of hydrogen-bond donors (Lipinski definition) is 0. The van der Waals surface area contributed by atoms with Crippen molar-refractivity contribution in [1.82, 2.24) is 9.55 Å². The predicted octanol–water partition coefficient (Wildman–Crippen LogP) is 9.40. The molecule has 0 radical (unpaired) electrons. The van der Waals surface area contributed by atoms with E-state index in [1.807, 2.05) is 6.20 Å². The highest BCUT2D eigenvalue weighted by Crippen LogP contribution is 2.44. The Labute approximate surface area is 230 Å². The molecular formula is C36H23N3O. The Balaban J connectivity index is 1.24. The van der Waals surface area contributed by atoms with E-state index < -0.39 is 0 Å². The highest BCUT2D eigenvalue weighted by Gasteiger charge is 2.23. The maximum atomic E-state index is 6.28. The van der Waals surface area contributed by atoms with Crippen LogP contribution in [0, 0.1) is 0 Å². The smallest absolute Gasteiger partial charge is 0.153 e. The van der Waals surface area contributed by atoms with Gasteiger partial charge in [0.05, 0.1) is 17.2 Å². The summed E-state index contributed by atoms with van der Waals surface area (Å²) in [5, 5.41) is 4.61. The minimum absolute atomic E-state index is 0.793. The number of nitrogens with zero attached hydrogens (tertiary/aromatic N) is 3. The number of hydrogen-bond acceptors (Lipinski definition) is 3. The first-order valence-corrected chi connectivity index (χ1v) is 13.6. The molecule has 1 aliphatic heterocycles. The molecule has 0 atom stereocenters. The Morgan fingerprint density at radius 1 is 0.575 bits per heavy atom. The zero-order valence-electron chi connectivity index (χ0n) is 21.6. The fourth-order valence-corrected chi connectivity index (χ4v) is 6.46. The third kappa shape index (κ3) is 2.99. The van der Waals surface area contributed by atoms with Crippen molar-refractivity contribution in [2.45, 2.75) is 6.54 Å². The van der Waals surface area contributed by atoms with Crippen molar-refractivity contribution in [2.24, 2.45) is 0 Å². The Morgan fingerprint density at radius 2 is 1.25 bits per heavy atom. The van der Waals surface area contributed by atoms with Gasteiger partial charge in [0.15, 0.2) is 5.58 Å². The maximum Gasteiger partial charge on any atom is 0.153 e. The molecule has 188 valence electrons. The molecule has 0 fully saturated rings. The Hall–Kier alpha value is -5.35. The first-order valence-electron chi connectivity index (χ1n) is 13.6. The number of para-hydroxylation sites is 3. The monoisotopic (exact) mass is 513 g/mol. The van der Waals surface area contributed by atoms with E-state index in [0.29, 0.717) is 0 Å². The lowest BCUT2D eigenvalue weighted by Gasteiger charge is -2.33. The maximum absolute atomic E-state index is 6.28. The molecule has 4 nitrogen and oxygen atoms in total. The van der Waals surface area contributed by atoms with Gasteiger partial charge in [-0.15, -0.1) is 0 Å². The zero-order chi connectivity index (χ0) is 26.2. The fraction of sp³-hybridized carbons (Fsp3) is 0.0278. The third-order valence-electron chi connectivity index (χ3n) is 8.28. The second kappa shape index (κ2) is 8.08. The van der Waals surface area contributed by atoms with E-state index in [0.717, 1.165) is 51.0 Å². The van der Waals surface area contributed by atoms with Crippen LogP contribution >= 0.6 is 0 Å². The van der Waals surface area contributed by atoms with Crippen LogP contribution in [-0.2, 0) is 6.54 Å². The SMILES string of the molecule is c1ccc2c(c1)CN(c1ccc3oc4cnc(-n5c6ccccc6c6ccccc65)cc4c3c1)c1ccccc1-2. The standard InChI is InChI=1S/C36H23N3O/c1-2-10-25-23(9-1)22-38(31-14-6-3-11-26(25)31)24-17-18-34-29(19-24)30-20-36(37-21-35(30)40-34)39-32-15-7-4-12-27(32)28-13-5-8-16-33(28)39/h1-21H,22H2. The zero-order valence-corrected chi connectivity index (χ0v) is 21.6. The van der Waals surface area contributed by atoms with E-state index in [1.54, 1.807) is 0 Å². The van der Waals surface area contributed by atoms with Crippen molar-refractivity contribution < 1.29 is 4.42 Å². The molecule has 5 aromatic carbocycles. The van der Waals surface area contributed by atoms with Gasteiger partial charge in [-0.05, 0) is 53.6 Å². The molecule has 0 unspecified atom stereocenters. The molecule has 8 aromatic rings. The number of furan rings is 1. The summed E-state index contributed by atoms with van der Waals surface area (Å²) in [4.78, 5) is 7.28. The lowest BCUT2D eigenvalue weighted by atomic mass is 9.93. The van der Waals surface area contributed by atoms with Crippen LogP contribution in [0.2, 0.25) is 0 Å². The van der Waals surface area contributed by atoms with Crippen molar-refractivity contribution in [3.63, 3.8) is 0 Å². The van der Waals surface area contributed by atoms with E-state index in [1.165, 1.54) is 33.2 Å². The molecule has 0 aliphatic carbocycles. The summed E-state index contributed by atoms with van der Waals surface area (Å²) in [5.41, 5.74) is 10.2. The molecule has 40 heavy (non-hydrogen) atoms. The summed E-state index contributed by atoms with van der Waals surface area (Å²) in [6.07, 6.45) is 1.86. The summed E-state index contributed by atoms with van der Waals surface area (Å²) in [7, 11) is 0. The average molecular weight is 514 g/mol. The summed E-state index contributed by atoms with van der Waals surface area (Å²) < 4.78 is 8.53. The van der Waals surface area contributed by atoms with Gasteiger partial charge < -0.3 is 9.32 Å². The molecule has 0 saturated carbocycles. The van der Waals surface area contributed by atoms with Crippen LogP contribution in [0.4, 0.5) is 11.4 Å². The van der Waals surface area contributed by atoms with Gasteiger partial charge in [-0.2, -0.15) is 0 Å². The number of anilines is 2. The summed E-state index contributed by atoms with van der Waals surface area (Å²) >= 11 is 0. The topological polar surface area (TPSA) is 34.2 Å². The first kappa shape index (κ1) is 21.6. The molecule has 4 heterocycles. The molecule has 3 aromatic heterocycles. The van der Waals surface area contributed by atoms with E-state index in [4.69, 9.17) is 9.40 Å². The molecule has 1 aliphatic rings. The average Bonchev–Trinajstić information content (AvgIpc) is 3.55. The van der Waals surface area contributed by atoms with Gasteiger partial charge in [0, 0.05) is 45.0 Å². The van der Waals surface area contributed by atoms with E-state index in [-0.39, 0.29) is 0 Å². The summed E-state index contributed by atoms with van der Waals surface area (Å²) in [5.74, 6) is 0.884. The molecule has 4 heteroatoms. The summed E-state index contributed by atoms with van der Waals surface area (Å²) in [6.45, 7) is 0.822.